The quantitative estimate of drug-likeness (QED) is 0.518. The minimum Gasteiger partial charge on any atom is -0.493 e. The van der Waals surface area contributed by atoms with Gasteiger partial charge < -0.3 is 15.2 Å². The first-order chi connectivity index (χ1) is 14.6. The van der Waals surface area contributed by atoms with Crippen LogP contribution in [0.25, 0.3) is 0 Å². The molecule has 0 saturated carbocycles. The second-order valence-corrected chi connectivity index (χ2v) is 8.27. The van der Waals surface area contributed by atoms with Crippen molar-refractivity contribution in [3.05, 3.63) is 64.7 Å². The van der Waals surface area contributed by atoms with Crippen molar-refractivity contribution in [1.29, 1.82) is 0 Å². The van der Waals surface area contributed by atoms with Crippen LogP contribution in [-0.2, 0) is 17.8 Å². The maximum absolute atomic E-state index is 10.8. The Bertz CT molecular complexity index is 789. The molecule has 0 spiro atoms. The maximum Gasteiger partial charge on any atom is 0.303 e. The van der Waals surface area contributed by atoms with Gasteiger partial charge in [0.15, 0.2) is 0 Å². The summed E-state index contributed by atoms with van der Waals surface area (Å²) in [4.78, 5) is 13.3. The van der Waals surface area contributed by atoms with E-state index in [9.17, 15) is 4.79 Å². The minimum absolute atomic E-state index is 0.124. The molecule has 30 heavy (non-hydrogen) atoms. The SMILES string of the molecule is O=C(O)CCc1ccccc1OCCCNC1CCN(Cc2ccc(Cl)cc2)CC1. The highest BCUT2D eigenvalue weighted by Gasteiger charge is 2.18. The summed E-state index contributed by atoms with van der Waals surface area (Å²) in [5.74, 6) is 0.0162. The molecule has 6 heteroatoms. The van der Waals surface area contributed by atoms with Gasteiger partial charge in [-0.2, -0.15) is 0 Å². The van der Waals surface area contributed by atoms with Crippen molar-refractivity contribution in [2.75, 3.05) is 26.2 Å². The van der Waals surface area contributed by atoms with Crippen LogP contribution in [-0.4, -0.2) is 48.3 Å². The van der Waals surface area contributed by atoms with E-state index in [2.05, 4.69) is 22.3 Å². The second kappa shape index (κ2) is 11.9. The van der Waals surface area contributed by atoms with Gasteiger partial charge in [-0.25, -0.2) is 0 Å². The number of halogens is 1. The number of ether oxygens (including phenoxy) is 1. The normalized spacial score (nSPS) is 15.2. The number of para-hydroxylation sites is 1. The van der Waals surface area contributed by atoms with Crippen molar-refractivity contribution in [3.8, 4) is 5.75 Å². The largest absolute Gasteiger partial charge is 0.493 e. The Morgan fingerprint density at radius 2 is 1.87 bits per heavy atom. The summed E-state index contributed by atoms with van der Waals surface area (Å²) in [7, 11) is 0. The van der Waals surface area contributed by atoms with Gasteiger partial charge in [-0.15, -0.1) is 0 Å². The number of hydrogen-bond acceptors (Lipinski definition) is 4. The molecule has 0 bridgehead atoms. The lowest BCUT2D eigenvalue weighted by Crippen LogP contribution is -2.42. The summed E-state index contributed by atoms with van der Waals surface area (Å²) in [5.41, 5.74) is 2.27. The summed E-state index contributed by atoms with van der Waals surface area (Å²) < 4.78 is 5.90. The van der Waals surface area contributed by atoms with E-state index in [1.165, 1.54) is 5.56 Å². The molecular formula is C24H31ClN2O3. The molecule has 2 aromatic carbocycles. The van der Waals surface area contributed by atoms with Crippen molar-refractivity contribution >= 4 is 17.6 Å². The fourth-order valence-corrected chi connectivity index (χ4v) is 3.92. The van der Waals surface area contributed by atoms with Crippen LogP contribution in [0, 0.1) is 0 Å². The highest BCUT2D eigenvalue weighted by atomic mass is 35.5. The number of hydrogen-bond donors (Lipinski definition) is 2. The highest BCUT2D eigenvalue weighted by Crippen LogP contribution is 2.20. The van der Waals surface area contributed by atoms with E-state index in [1.807, 2.05) is 36.4 Å². The molecule has 2 aromatic rings. The number of aliphatic carboxylic acids is 1. The van der Waals surface area contributed by atoms with E-state index in [4.69, 9.17) is 21.4 Å². The van der Waals surface area contributed by atoms with Crippen LogP contribution >= 0.6 is 11.6 Å². The van der Waals surface area contributed by atoms with Gasteiger partial charge in [0.2, 0.25) is 0 Å². The van der Waals surface area contributed by atoms with Crippen molar-refractivity contribution in [1.82, 2.24) is 10.2 Å². The molecule has 1 aliphatic rings. The summed E-state index contributed by atoms with van der Waals surface area (Å²) in [5, 5.41) is 13.3. The number of benzene rings is 2. The van der Waals surface area contributed by atoms with Crippen LogP contribution in [0.5, 0.6) is 5.75 Å². The predicted octanol–water partition coefficient (Wildman–Crippen LogP) is 4.38. The Kier molecular flexibility index (Phi) is 9.00. The number of carboxylic acid groups (broad SMARTS) is 1. The third-order valence-corrected chi connectivity index (χ3v) is 5.75. The summed E-state index contributed by atoms with van der Waals surface area (Å²) >= 11 is 5.96. The lowest BCUT2D eigenvalue weighted by Gasteiger charge is -2.32. The first-order valence-electron chi connectivity index (χ1n) is 10.7. The highest BCUT2D eigenvalue weighted by molar-refractivity contribution is 6.30. The van der Waals surface area contributed by atoms with Gasteiger partial charge in [0.05, 0.1) is 6.61 Å². The van der Waals surface area contributed by atoms with Crippen LogP contribution in [0.3, 0.4) is 0 Å². The predicted molar refractivity (Wildman–Crippen MR) is 120 cm³/mol. The fraction of sp³-hybridized carbons (Fsp3) is 0.458. The number of carbonyl (C=O) groups is 1. The maximum atomic E-state index is 10.8. The van der Waals surface area contributed by atoms with Gasteiger partial charge in [0.1, 0.15) is 5.75 Å². The monoisotopic (exact) mass is 430 g/mol. The molecule has 0 aliphatic carbocycles. The third kappa shape index (κ3) is 7.63. The number of carboxylic acids is 1. The first-order valence-corrected chi connectivity index (χ1v) is 11.1. The Morgan fingerprint density at radius 1 is 1.13 bits per heavy atom. The number of nitrogens with zero attached hydrogens (tertiary/aromatic N) is 1. The molecule has 1 saturated heterocycles. The topological polar surface area (TPSA) is 61.8 Å². The summed E-state index contributed by atoms with van der Waals surface area (Å²) in [6.07, 6.45) is 3.87. The average molecular weight is 431 g/mol. The molecule has 1 fully saturated rings. The Hall–Kier alpha value is -2.08. The summed E-state index contributed by atoms with van der Waals surface area (Å²) in [6, 6.07) is 16.4. The van der Waals surface area contributed by atoms with Crippen LogP contribution in [0.15, 0.2) is 48.5 Å². The average Bonchev–Trinajstić information content (AvgIpc) is 2.75. The summed E-state index contributed by atoms with van der Waals surface area (Å²) in [6.45, 7) is 4.76. The van der Waals surface area contributed by atoms with E-state index >= 15 is 0 Å². The van der Waals surface area contributed by atoms with E-state index in [1.54, 1.807) is 0 Å². The molecule has 162 valence electrons. The van der Waals surface area contributed by atoms with E-state index in [0.29, 0.717) is 19.1 Å². The molecule has 0 atom stereocenters. The number of aryl methyl sites for hydroxylation is 1. The number of piperidine rings is 1. The van der Waals surface area contributed by atoms with Crippen LogP contribution in [0.4, 0.5) is 0 Å². The number of nitrogens with one attached hydrogen (secondary N) is 1. The number of likely N-dealkylation sites (tertiary alicyclic amines) is 1. The van der Waals surface area contributed by atoms with E-state index < -0.39 is 5.97 Å². The van der Waals surface area contributed by atoms with Gasteiger partial charge in [0, 0.05) is 24.0 Å². The van der Waals surface area contributed by atoms with Crippen molar-refractivity contribution in [3.63, 3.8) is 0 Å². The molecular weight excluding hydrogens is 400 g/mol. The lowest BCUT2D eigenvalue weighted by molar-refractivity contribution is -0.136. The van der Waals surface area contributed by atoms with E-state index in [-0.39, 0.29) is 6.42 Å². The Balaban J connectivity index is 1.30. The molecule has 0 radical (unpaired) electrons. The zero-order valence-corrected chi connectivity index (χ0v) is 18.1. The van der Waals surface area contributed by atoms with Crippen LogP contribution in [0.2, 0.25) is 5.02 Å². The molecule has 0 unspecified atom stereocenters. The molecule has 0 amide bonds. The van der Waals surface area contributed by atoms with Gasteiger partial charge in [0.25, 0.3) is 0 Å². The Morgan fingerprint density at radius 3 is 2.60 bits per heavy atom. The molecule has 2 N–H and O–H groups in total. The fourth-order valence-electron chi connectivity index (χ4n) is 3.80. The van der Waals surface area contributed by atoms with Crippen molar-refractivity contribution in [2.45, 2.75) is 44.7 Å². The van der Waals surface area contributed by atoms with E-state index in [0.717, 1.165) is 61.8 Å². The third-order valence-electron chi connectivity index (χ3n) is 5.50. The molecule has 0 aromatic heterocycles. The van der Waals surface area contributed by atoms with Crippen LogP contribution in [0.1, 0.15) is 36.8 Å². The van der Waals surface area contributed by atoms with Gasteiger partial charge >= 0.3 is 5.97 Å². The molecule has 1 aliphatic heterocycles. The van der Waals surface area contributed by atoms with Crippen molar-refractivity contribution in [2.24, 2.45) is 0 Å². The smallest absolute Gasteiger partial charge is 0.303 e. The standard InChI is InChI=1S/C24H31ClN2O3/c25-21-9-6-19(7-10-21)18-27-15-12-22(13-16-27)26-14-3-17-30-23-5-2-1-4-20(23)8-11-24(28)29/h1-2,4-7,9-10,22,26H,3,8,11-18H2,(H,28,29). The number of rotatable bonds is 11. The molecule has 5 nitrogen and oxygen atoms in total. The first kappa shape index (κ1) is 22.6. The minimum atomic E-state index is -0.784. The van der Waals surface area contributed by atoms with Crippen molar-refractivity contribution < 1.29 is 14.6 Å². The van der Waals surface area contributed by atoms with Crippen LogP contribution < -0.4 is 10.1 Å². The lowest BCUT2D eigenvalue weighted by atomic mass is 10.0. The zero-order valence-electron chi connectivity index (χ0n) is 17.4. The zero-order chi connectivity index (χ0) is 21.2. The van der Waals surface area contributed by atoms with Gasteiger partial charge in [-0.1, -0.05) is 41.9 Å². The van der Waals surface area contributed by atoms with Gasteiger partial charge in [-0.05, 0) is 74.6 Å². The Labute approximate surface area is 184 Å². The second-order valence-electron chi connectivity index (χ2n) is 7.83. The molecule has 1 heterocycles. The van der Waals surface area contributed by atoms with Gasteiger partial charge in [-0.3, -0.25) is 9.69 Å². The molecule has 3 rings (SSSR count).